The predicted octanol–water partition coefficient (Wildman–Crippen LogP) is 2.48. The van der Waals surface area contributed by atoms with Crippen molar-refractivity contribution in [2.45, 2.75) is 31.7 Å². The summed E-state index contributed by atoms with van der Waals surface area (Å²) in [6, 6.07) is 10.0. The van der Waals surface area contributed by atoms with Gasteiger partial charge in [0.2, 0.25) is 5.91 Å². The van der Waals surface area contributed by atoms with Crippen LogP contribution in [0.25, 0.3) is 0 Å². The molecule has 0 spiro atoms. The highest BCUT2D eigenvalue weighted by Gasteiger charge is 2.20. The molecule has 0 saturated carbocycles. The Labute approximate surface area is 133 Å². The number of hydrogen-bond acceptors (Lipinski definition) is 3. The van der Waals surface area contributed by atoms with Gasteiger partial charge in [0.25, 0.3) is 0 Å². The summed E-state index contributed by atoms with van der Waals surface area (Å²) >= 11 is 0. The summed E-state index contributed by atoms with van der Waals surface area (Å²) in [7, 11) is 1.92. The Morgan fingerprint density at radius 1 is 1.29 bits per heavy atom. The number of nitrogens with one attached hydrogen (secondary N) is 1. The number of ether oxygens (including phenoxy) is 1. The van der Waals surface area contributed by atoms with Crippen molar-refractivity contribution in [3.63, 3.8) is 0 Å². The average Bonchev–Trinajstić information content (AvgIpc) is 2.76. The summed E-state index contributed by atoms with van der Waals surface area (Å²) in [6.45, 7) is 2.51. The van der Waals surface area contributed by atoms with E-state index in [1.54, 1.807) is 0 Å². The summed E-state index contributed by atoms with van der Waals surface area (Å²) in [5.41, 5.74) is 0. The van der Waals surface area contributed by atoms with Gasteiger partial charge in [-0.2, -0.15) is 0 Å². The molecule has 5 heteroatoms. The lowest BCUT2D eigenvalue weighted by Crippen LogP contribution is -2.38. The van der Waals surface area contributed by atoms with Gasteiger partial charge in [-0.25, -0.2) is 0 Å². The molecule has 1 N–H and O–H groups in total. The Morgan fingerprint density at radius 2 is 2.05 bits per heavy atom. The maximum absolute atomic E-state index is 12.2. The maximum Gasteiger partial charge on any atom is 0.225 e. The first-order valence-corrected chi connectivity index (χ1v) is 7.41. The zero-order valence-electron chi connectivity index (χ0n) is 12.6. The van der Waals surface area contributed by atoms with E-state index in [4.69, 9.17) is 4.74 Å². The Kier molecular flexibility index (Phi) is 8.16. The van der Waals surface area contributed by atoms with Gasteiger partial charge in [0.15, 0.2) is 0 Å². The van der Waals surface area contributed by atoms with Crippen LogP contribution in [0, 0.1) is 0 Å². The van der Waals surface area contributed by atoms with Crippen molar-refractivity contribution in [1.29, 1.82) is 0 Å². The number of rotatable bonds is 5. The highest BCUT2D eigenvalue weighted by molar-refractivity contribution is 5.85. The fourth-order valence-electron chi connectivity index (χ4n) is 2.54. The molecule has 1 unspecified atom stereocenters. The number of benzene rings is 1. The highest BCUT2D eigenvalue weighted by atomic mass is 35.5. The molecule has 1 fully saturated rings. The second-order valence-corrected chi connectivity index (χ2v) is 5.25. The van der Waals surface area contributed by atoms with Gasteiger partial charge < -0.3 is 15.0 Å². The molecule has 1 aliphatic heterocycles. The lowest BCUT2D eigenvalue weighted by atomic mass is 10.1. The van der Waals surface area contributed by atoms with Crippen molar-refractivity contribution < 1.29 is 9.53 Å². The predicted molar refractivity (Wildman–Crippen MR) is 87.1 cm³/mol. The van der Waals surface area contributed by atoms with Crippen LogP contribution in [-0.2, 0) is 4.79 Å². The van der Waals surface area contributed by atoms with E-state index in [1.165, 1.54) is 0 Å². The van der Waals surface area contributed by atoms with E-state index in [2.05, 4.69) is 5.32 Å². The van der Waals surface area contributed by atoms with Gasteiger partial charge in [0, 0.05) is 13.1 Å². The normalized spacial score (nSPS) is 18.2. The van der Waals surface area contributed by atoms with Crippen LogP contribution in [0.15, 0.2) is 30.3 Å². The molecule has 1 aromatic carbocycles. The number of hydrogen-bond donors (Lipinski definition) is 1. The Balaban J connectivity index is 0.00000220. The van der Waals surface area contributed by atoms with E-state index in [9.17, 15) is 4.79 Å². The fraction of sp³-hybridized carbons (Fsp3) is 0.562. The summed E-state index contributed by atoms with van der Waals surface area (Å²) in [6.07, 6.45) is 3.72. The first-order chi connectivity index (χ1) is 9.77. The highest BCUT2D eigenvalue weighted by Crippen LogP contribution is 2.13. The van der Waals surface area contributed by atoms with Crippen LogP contribution in [0.5, 0.6) is 5.75 Å². The Morgan fingerprint density at radius 3 is 2.81 bits per heavy atom. The van der Waals surface area contributed by atoms with Crippen LogP contribution < -0.4 is 10.1 Å². The number of para-hydroxylation sites is 1. The first-order valence-electron chi connectivity index (χ1n) is 7.41. The third-order valence-electron chi connectivity index (χ3n) is 3.81. The van der Waals surface area contributed by atoms with Crippen LogP contribution in [0.1, 0.15) is 25.7 Å². The number of nitrogens with zero attached hydrogens (tertiary/aromatic N) is 1. The standard InChI is InChI=1S/C16H24N2O2.ClH/c1-18(14-6-5-11-17-12-9-14)16(19)10-13-20-15-7-3-2-4-8-15;/h2-4,7-8,14,17H,5-6,9-13H2,1H3;1H. The van der Waals surface area contributed by atoms with Crippen molar-refractivity contribution in [2.24, 2.45) is 0 Å². The molecule has 21 heavy (non-hydrogen) atoms. The molecule has 1 atom stereocenters. The fourth-order valence-corrected chi connectivity index (χ4v) is 2.54. The smallest absolute Gasteiger partial charge is 0.225 e. The van der Waals surface area contributed by atoms with Gasteiger partial charge in [-0.15, -0.1) is 12.4 Å². The van der Waals surface area contributed by atoms with Crippen molar-refractivity contribution in [1.82, 2.24) is 10.2 Å². The Hall–Kier alpha value is -1.26. The average molecular weight is 313 g/mol. The minimum atomic E-state index is 0. The molecule has 1 aliphatic rings. The maximum atomic E-state index is 12.2. The van der Waals surface area contributed by atoms with Crippen LogP contribution in [0.2, 0.25) is 0 Å². The molecule has 0 aromatic heterocycles. The molecule has 0 bridgehead atoms. The monoisotopic (exact) mass is 312 g/mol. The second kappa shape index (κ2) is 9.64. The van der Waals surface area contributed by atoms with Crippen LogP contribution >= 0.6 is 12.4 Å². The molecule has 1 amide bonds. The molecule has 1 aromatic rings. The van der Waals surface area contributed by atoms with Gasteiger partial charge >= 0.3 is 0 Å². The molecule has 1 saturated heterocycles. The molecular weight excluding hydrogens is 288 g/mol. The topological polar surface area (TPSA) is 41.6 Å². The number of amides is 1. The van der Waals surface area contributed by atoms with Crippen LogP contribution in [0.4, 0.5) is 0 Å². The van der Waals surface area contributed by atoms with Crippen molar-refractivity contribution in [3.05, 3.63) is 30.3 Å². The van der Waals surface area contributed by atoms with E-state index in [1.807, 2.05) is 42.3 Å². The van der Waals surface area contributed by atoms with Gasteiger partial charge in [0.05, 0.1) is 13.0 Å². The molecular formula is C16H25ClN2O2. The third kappa shape index (κ3) is 5.94. The summed E-state index contributed by atoms with van der Waals surface area (Å²) < 4.78 is 5.58. The number of halogens is 1. The van der Waals surface area contributed by atoms with Crippen molar-refractivity contribution in [3.8, 4) is 5.75 Å². The minimum Gasteiger partial charge on any atom is -0.493 e. The lowest BCUT2D eigenvalue weighted by Gasteiger charge is -2.27. The largest absolute Gasteiger partial charge is 0.493 e. The number of carbonyl (C=O) groups is 1. The molecule has 1 heterocycles. The van der Waals surface area contributed by atoms with Gasteiger partial charge in [-0.05, 0) is 44.5 Å². The zero-order chi connectivity index (χ0) is 14.2. The molecule has 0 aliphatic carbocycles. The van der Waals surface area contributed by atoms with Crippen LogP contribution in [0.3, 0.4) is 0 Å². The summed E-state index contributed by atoms with van der Waals surface area (Å²) in [5.74, 6) is 0.995. The van der Waals surface area contributed by atoms with Crippen molar-refractivity contribution >= 4 is 18.3 Å². The van der Waals surface area contributed by atoms with E-state index < -0.39 is 0 Å². The quantitative estimate of drug-likeness (QED) is 0.908. The summed E-state index contributed by atoms with van der Waals surface area (Å²) in [4.78, 5) is 14.1. The van der Waals surface area contributed by atoms with E-state index >= 15 is 0 Å². The molecule has 4 nitrogen and oxygen atoms in total. The van der Waals surface area contributed by atoms with E-state index in [0.717, 1.165) is 38.1 Å². The summed E-state index contributed by atoms with van der Waals surface area (Å²) in [5, 5.41) is 3.37. The van der Waals surface area contributed by atoms with Gasteiger partial charge in [-0.1, -0.05) is 18.2 Å². The third-order valence-corrected chi connectivity index (χ3v) is 3.81. The van der Waals surface area contributed by atoms with Gasteiger partial charge in [0.1, 0.15) is 5.75 Å². The van der Waals surface area contributed by atoms with E-state index in [-0.39, 0.29) is 18.3 Å². The molecule has 118 valence electrons. The zero-order valence-corrected chi connectivity index (χ0v) is 13.4. The molecule has 0 radical (unpaired) electrons. The van der Waals surface area contributed by atoms with Crippen LogP contribution in [-0.4, -0.2) is 43.6 Å². The van der Waals surface area contributed by atoms with Crippen molar-refractivity contribution in [2.75, 3.05) is 26.7 Å². The Bertz CT molecular complexity index is 406. The SMILES string of the molecule is CN(C(=O)CCOc1ccccc1)C1CCCNCC1.Cl. The van der Waals surface area contributed by atoms with Gasteiger partial charge in [-0.3, -0.25) is 4.79 Å². The number of carbonyl (C=O) groups excluding carboxylic acids is 1. The lowest BCUT2D eigenvalue weighted by molar-refractivity contribution is -0.132. The first kappa shape index (κ1) is 17.8. The molecule has 2 rings (SSSR count). The second-order valence-electron chi connectivity index (χ2n) is 5.25. The van der Waals surface area contributed by atoms with E-state index in [0.29, 0.717) is 19.1 Å². The minimum absolute atomic E-state index is 0.